The molecule has 1 atom stereocenters. The van der Waals surface area contributed by atoms with Crippen molar-refractivity contribution in [1.82, 2.24) is 9.62 Å². The second-order valence-corrected chi connectivity index (χ2v) is 11.1. The second-order valence-electron chi connectivity index (χ2n) is 8.84. The summed E-state index contributed by atoms with van der Waals surface area (Å²) in [5.41, 5.74) is 8.14. The van der Waals surface area contributed by atoms with Crippen LogP contribution < -0.4 is 15.8 Å². The van der Waals surface area contributed by atoms with Gasteiger partial charge in [-0.2, -0.15) is 0 Å². The Labute approximate surface area is 230 Å². The number of nitrogens with two attached hydrogens (primary N) is 1. The summed E-state index contributed by atoms with van der Waals surface area (Å²) in [4.78, 5) is 12.2. The maximum atomic E-state index is 11.0. The van der Waals surface area contributed by atoms with Gasteiger partial charge in [-0.3, -0.25) is 0 Å². The molecule has 0 aliphatic rings. The van der Waals surface area contributed by atoms with Gasteiger partial charge in [0.25, 0.3) is 0 Å². The molecule has 0 saturated carbocycles. The molecule has 208 valence electrons. The van der Waals surface area contributed by atoms with Gasteiger partial charge in [0.15, 0.2) is 0 Å². The first kappa shape index (κ1) is 33.4. The molecule has 0 radical (unpaired) electrons. The third-order valence-corrected chi connectivity index (χ3v) is 6.80. The number of nitrogens with one attached hydrogen (secondary N) is 1. The maximum absolute atomic E-state index is 11.0. The third-order valence-electron chi connectivity index (χ3n) is 4.93. The molecule has 1 unspecified atom stereocenters. The van der Waals surface area contributed by atoms with Crippen LogP contribution in [-0.4, -0.2) is 62.9 Å². The molecule has 2 rings (SSSR count). The Balaban J connectivity index is 0.000000371. The number of carbonyl (C=O) groups excluding carboxylic acids is 1. The predicted molar refractivity (Wildman–Crippen MR) is 158 cm³/mol. The zero-order chi connectivity index (χ0) is 27.3. The van der Waals surface area contributed by atoms with Crippen LogP contribution in [0.15, 0.2) is 53.4 Å². The maximum Gasteiger partial charge on any atom is 0.332 e. The topological polar surface area (TPSA) is 86.1 Å². The van der Waals surface area contributed by atoms with Gasteiger partial charge in [0, 0.05) is 46.0 Å². The monoisotopic (exact) mass is 551 g/mol. The molecule has 0 heterocycles. The molecule has 9 heteroatoms. The Hall–Kier alpha value is -1.67. The van der Waals surface area contributed by atoms with Crippen molar-refractivity contribution in [3.63, 3.8) is 0 Å². The summed E-state index contributed by atoms with van der Waals surface area (Å²) in [6.07, 6.45) is 1.95. The Morgan fingerprint density at radius 1 is 1.14 bits per heavy atom. The van der Waals surface area contributed by atoms with Gasteiger partial charge in [-0.1, -0.05) is 43.7 Å². The number of benzene rings is 2. The van der Waals surface area contributed by atoms with Crippen molar-refractivity contribution in [3.8, 4) is 5.75 Å². The first-order valence-electron chi connectivity index (χ1n) is 12.9. The number of nitrogens with zero attached hydrogens (tertiary/aromatic N) is 1. The molecule has 3 N–H and O–H groups in total. The molecule has 0 aliphatic heterocycles. The summed E-state index contributed by atoms with van der Waals surface area (Å²) < 4.78 is 17.5. The highest BCUT2D eigenvalue weighted by Crippen LogP contribution is 2.25. The molecule has 0 saturated heterocycles. The summed E-state index contributed by atoms with van der Waals surface area (Å²) >= 11 is 1.80. The molecule has 0 amide bonds. The third kappa shape index (κ3) is 17.5. The van der Waals surface area contributed by atoms with Crippen molar-refractivity contribution < 1.29 is 18.8 Å². The Morgan fingerprint density at radius 2 is 1.84 bits per heavy atom. The van der Waals surface area contributed by atoms with Crippen LogP contribution in [-0.2, 0) is 20.6 Å². The second kappa shape index (κ2) is 21.3. The quantitative estimate of drug-likeness (QED) is 0.119. The smallest absolute Gasteiger partial charge is 0.332 e. The largest absolute Gasteiger partial charge is 0.497 e. The van der Waals surface area contributed by atoms with Crippen LogP contribution in [0.1, 0.15) is 38.3 Å². The summed E-state index contributed by atoms with van der Waals surface area (Å²) in [5, 5.41) is 3.35. The lowest BCUT2D eigenvalue weighted by atomic mass is 10.1. The van der Waals surface area contributed by atoms with Crippen molar-refractivity contribution >= 4 is 26.7 Å². The molecule has 37 heavy (non-hydrogen) atoms. The number of carbonyl (C=O) groups is 1. The minimum atomic E-state index is -0.289. The number of hydrogen-bond donors (Lipinski definition) is 2. The van der Waals surface area contributed by atoms with Crippen molar-refractivity contribution in [1.29, 1.82) is 0 Å². The van der Waals surface area contributed by atoms with Gasteiger partial charge in [-0.15, -0.1) is 0 Å². The first-order valence-corrected chi connectivity index (χ1v) is 14.8. The van der Waals surface area contributed by atoms with Gasteiger partial charge in [0.1, 0.15) is 12.4 Å². The van der Waals surface area contributed by atoms with Gasteiger partial charge in [0.2, 0.25) is 0 Å². The number of methoxy groups -OCH3 is 1. The minimum absolute atomic E-state index is 0.0598. The summed E-state index contributed by atoms with van der Waals surface area (Å²) in [6.45, 7) is 13.4. The number of aryl methyl sites for hydroxylation is 1. The molecular weight excluding hydrogens is 505 g/mol. The predicted octanol–water partition coefficient (Wildman–Crippen LogP) is 5.27. The van der Waals surface area contributed by atoms with Crippen molar-refractivity contribution in [2.75, 3.05) is 52.7 Å². The van der Waals surface area contributed by atoms with E-state index in [0.717, 1.165) is 51.1 Å². The normalized spacial score (nSPS) is 11.1. The van der Waals surface area contributed by atoms with Gasteiger partial charge in [0.05, 0.1) is 13.7 Å². The highest BCUT2D eigenvalue weighted by atomic mass is 32.2. The van der Waals surface area contributed by atoms with Gasteiger partial charge < -0.3 is 25.0 Å². The van der Waals surface area contributed by atoms with Gasteiger partial charge >= 0.3 is 5.97 Å². The molecule has 0 bridgehead atoms. The molecule has 7 nitrogen and oxygen atoms in total. The molecule has 2 aromatic rings. The summed E-state index contributed by atoms with van der Waals surface area (Å²) in [5.74, 6) is 1.27. The van der Waals surface area contributed by atoms with Crippen LogP contribution >= 0.6 is 20.8 Å². The van der Waals surface area contributed by atoms with Crippen molar-refractivity contribution in [2.24, 2.45) is 11.7 Å². The lowest BCUT2D eigenvalue weighted by Crippen LogP contribution is -2.23. The molecule has 0 spiro atoms. The van der Waals surface area contributed by atoms with Crippen LogP contribution in [0.2, 0.25) is 0 Å². The SMILES string of the molecule is CCOC(=O)COPCCNCc1ccc(C)cc1.COc1ccc(SN(CCCN)CC(C)C)cc1. The zero-order valence-electron chi connectivity index (χ0n) is 23.1. The van der Waals surface area contributed by atoms with Crippen LogP contribution in [0.4, 0.5) is 0 Å². The molecule has 2 aromatic carbocycles. The standard InChI is InChI=1S/C14H24N2OS.C14H22NO3P/c1-12(2)11-16(10-4-9-15)18-14-7-5-13(17-3)6-8-14;1-3-17-14(16)11-18-19-9-8-15-10-13-6-4-12(2)5-7-13/h5-8,12H,4,9-11,15H2,1-3H3;4-7,15,19H,3,8-11H2,1-2H3. The number of hydrogen-bond acceptors (Lipinski definition) is 8. The van der Waals surface area contributed by atoms with E-state index in [1.807, 2.05) is 12.1 Å². The molecule has 0 fully saturated rings. The van der Waals surface area contributed by atoms with Crippen LogP contribution in [0, 0.1) is 12.8 Å². The lowest BCUT2D eigenvalue weighted by molar-refractivity contribution is -0.145. The highest BCUT2D eigenvalue weighted by molar-refractivity contribution is 7.97. The van der Waals surface area contributed by atoms with E-state index in [-0.39, 0.29) is 12.6 Å². The van der Waals surface area contributed by atoms with Crippen molar-refractivity contribution in [2.45, 2.75) is 45.6 Å². The van der Waals surface area contributed by atoms with Crippen molar-refractivity contribution in [3.05, 3.63) is 59.7 Å². The number of rotatable bonds is 17. The van der Waals surface area contributed by atoms with E-state index in [1.54, 1.807) is 26.0 Å². The minimum Gasteiger partial charge on any atom is -0.497 e. The Kier molecular flexibility index (Phi) is 19.2. The summed E-state index contributed by atoms with van der Waals surface area (Å²) in [7, 11) is 2.02. The Morgan fingerprint density at radius 3 is 2.43 bits per heavy atom. The fourth-order valence-corrected chi connectivity index (χ4v) is 4.89. The Bertz CT molecular complexity index is 838. The van der Waals surface area contributed by atoms with E-state index in [9.17, 15) is 4.79 Å². The fraction of sp³-hybridized carbons (Fsp3) is 0.536. The van der Waals surface area contributed by atoms with Crippen LogP contribution in [0.3, 0.4) is 0 Å². The van der Waals surface area contributed by atoms with Gasteiger partial charge in [-0.25, -0.2) is 9.10 Å². The van der Waals surface area contributed by atoms with Crippen LogP contribution in [0.25, 0.3) is 0 Å². The van der Waals surface area contributed by atoms with E-state index in [2.05, 4.69) is 66.8 Å². The lowest BCUT2D eigenvalue weighted by Gasteiger charge is -2.22. The number of esters is 1. The first-order chi connectivity index (χ1) is 17.9. The molecule has 0 aromatic heterocycles. The number of ether oxygens (including phenoxy) is 2. The fourth-order valence-electron chi connectivity index (χ4n) is 3.10. The van der Waals surface area contributed by atoms with E-state index >= 15 is 0 Å². The van der Waals surface area contributed by atoms with E-state index in [1.165, 1.54) is 16.0 Å². The zero-order valence-corrected chi connectivity index (χ0v) is 24.9. The van der Waals surface area contributed by atoms with E-state index in [0.29, 0.717) is 21.3 Å². The average molecular weight is 552 g/mol. The molecule has 0 aliphatic carbocycles. The van der Waals surface area contributed by atoms with Crippen LogP contribution in [0.5, 0.6) is 5.75 Å². The van der Waals surface area contributed by atoms with Gasteiger partial charge in [-0.05, 0) is 74.5 Å². The highest BCUT2D eigenvalue weighted by Gasteiger charge is 2.09. The summed E-state index contributed by atoms with van der Waals surface area (Å²) in [6, 6.07) is 16.7. The van der Waals surface area contributed by atoms with E-state index in [4.69, 9.17) is 19.7 Å². The average Bonchev–Trinajstić information content (AvgIpc) is 2.88. The van der Waals surface area contributed by atoms with E-state index < -0.39 is 0 Å². The molecular formula is C28H46N3O4PS.